The third kappa shape index (κ3) is 6.11. The van der Waals surface area contributed by atoms with Gasteiger partial charge in [0.2, 0.25) is 0 Å². The van der Waals surface area contributed by atoms with Gasteiger partial charge >= 0.3 is 5.97 Å². The maximum absolute atomic E-state index is 12.2. The molecule has 1 aliphatic heterocycles. The van der Waals surface area contributed by atoms with Gasteiger partial charge in [-0.25, -0.2) is 4.79 Å². The van der Waals surface area contributed by atoms with E-state index in [1.54, 1.807) is 19.1 Å². The molecule has 144 valence electrons. The number of carbonyl (C=O) groups excluding carboxylic acids is 2. The monoisotopic (exact) mass is 362 g/mol. The van der Waals surface area contributed by atoms with Crippen molar-refractivity contribution in [3.8, 4) is 0 Å². The minimum absolute atomic E-state index is 0.00793. The van der Waals surface area contributed by atoms with Gasteiger partial charge in [-0.3, -0.25) is 9.69 Å². The molecule has 6 heteroatoms. The lowest BCUT2D eigenvalue weighted by atomic mass is 10.1. The summed E-state index contributed by atoms with van der Waals surface area (Å²) in [6.45, 7) is 12.1. The van der Waals surface area contributed by atoms with Crippen LogP contribution in [0.2, 0.25) is 0 Å². The van der Waals surface area contributed by atoms with E-state index in [1.165, 1.54) is 0 Å². The number of nitrogens with zero attached hydrogens (tertiary/aromatic N) is 1. The number of nitrogens with one attached hydrogen (secondary N) is 1. The predicted octanol–water partition coefficient (Wildman–Crippen LogP) is 2.37. The van der Waals surface area contributed by atoms with Crippen LogP contribution in [0.15, 0.2) is 24.3 Å². The van der Waals surface area contributed by atoms with E-state index < -0.39 is 12.1 Å². The first kappa shape index (κ1) is 20.4. The second kappa shape index (κ2) is 9.14. The van der Waals surface area contributed by atoms with Gasteiger partial charge in [-0.15, -0.1) is 0 Å². The van der Waals surface area contributed by atoms with E-state index in [4.69, 9.17) is 9.47 Å². The third-order valence-corrected chi connectivity index (χ3v) is 4.18. The van der Waals surface area contributed by atoms with Crippen LogP contribution in [-0.2, 0) is 20.8 Å². The van der Waals surface area contributed by atoms with Gasteiger partial charge in [-0.2, -0.15) is 0 Å². The number of hydrogen-bond acceptors (Lipinski definition) is 5. The number of carbonyl (C=O) groups is 2. The number of esters is 1. The van der Waals surface area contributed by atoms with E-state index in [2.05, 4.69) is 24.1 Å². The van der Waals surface area contributed by atoms with E-state index in [-0.39, 0.29) is 24.2 Å². The van der Waals surface area contributed by atoms with E-state index in [9.17, 15) is 9.59 Å². The molecule has 1 fully saturated rings. The zero-order valence-corrected chi connectivity index (χ0v) is 16.3. The molecule has 6 nitrogen and oxygen atoms in total. The van der Waals surface area contributed by atoms with Crippen LogP contribution in [0.1, 0.15) is 50.5 Å². The molecule has 1 N–H and O–H groups in total. The lowest BCUT2D eigenvalue weighted by Crippen LogP contribution is -2.44. The smallest absolute Gasteiger partial charge is 0.338 e. The van der Waals surface area contributed by atoms with Gasteiger partial charge < -0.3 is 14.8 Å². The zero-order chi connectivity index (χ0) is 19.3. The summed E-state index contributed by atoms with van der Waals surface area (Å²) in [6.07, 6.45) is -0.362. The normalized spacial score (nSPS) is 22.1. The lowest BCUT2D eigenvalue weighted by Gasteiger charge is -2.35. The molecule has 2 rings (SSSR count). The molecule has 3 unspecified atom stereocenters. The van der Waals surface area contributed by atoms with Crippen LogP contribution in [-0.4, -0.2) is 54.2 Å². The third-order valence-electron chi connectivity index (χ3n) is 4.18. The largest absolute Gasteiger partial charge is 0.449 e. The Hall–Kier alpha value is -1.92. The molecule has 0 saturated carbocycles. The molecule has 0 aromatic heterocycles. The average molecular weight is 362 g/mol. The van der Waals surface area contributed by atoms with Gasteiger partial charge in [0.1, 0.15) is 0 Å². The van der Waals surface area contributed by atoms with E-state index in [0.717, 1.165) is 25.2 Å². The van der Waals surface area contributed by atoms with Gasteiger partial charge in [0.25, 0.3) is 5.91 Å². The summed E-state index contributed by atoms with van der Waals surface area (Å²) in [6, 6.07) is 7.37. The van der Waals surface area contributed by atoms with Crippen molar-refractivity contribution in [2.75, 3.05) is 13.1 Å². The summed E-state index contributed by atoms with van der Waals surface area (Å²) < 4.78 is 11.0. The van der Waals surface area contributed by atoms with Crippen LogP contribution in [0, 0.1) is 0 Å². The highest BCUT2D eigenvalue weighted by Crippen LogP contribution is 2.15. The highest BCUT2D eigenvalue weighted by Gasteiger charge is 2.22. The first-order valence-corrected chi connectivity index (χ1v) is 9.22. The summed E-state index contributed by atoms with van der Waals surface area (Å²) in [5.41, 5.74) is 1.58. The number of ether oxygens (including phenoxy) is 2. The highest BCUT2D eigenvalue weighted by molar-refractivity contribution is 5.92. The van der Waals surface area contributed by atoms with Crippen molar-refractivity contribution in [3.05, 3.63) is 35.4 Å². The van der Waals surface area contributed by atoms with Crippen molar-refractivity contribution in [3.63, 3.8) is 0 Å². The van der Waals surface area contributed by atoms with Crippen molar-refractivity contribution in [2.24, 2.45) is 0 Å². The Morgan fingerprint density at radius 2 is 1.73 bits per heavy atom. The number of rotatable bonds is 6. The molecule has 1 heterocycles. The lowest BCUT2D eigenvalue weighted by molar-refractivity contribution is -0.129. The fourth-order valence-electron chi connectivity index (χ4n) is 3.10. The van der Waals surface area contributed by atoms with Crippen molar-refractivity contribution in [1.29, 1.82) is 0 Å². The number of amides is 1. The Labute approximate surface area is 155 Å². The summed E-state index contributed by atoms with van der Waals surface area (Å²) in [7, 11) is 0. The number of morpholine rings is 1. The minimum atomic E-state index is -0.819. The Kier molecular flexibility index (Phi) is 7.17. The van der Waals surface area contributed by atoms with Gasteiger partial charge in [0, 0.05) is 25.7 Å². The number of hydrogen-bond donors (Lipinski definition) is 1. The topological polar surface area (TPSA) is 67.9 Å². The molecule has 26 heavy (non-hydrogen) atoms. The van der Waals surface area contributed by atoms with Crippen molar-refractivity contribution in [2.45, 2.75) is 65.5 Å². The molecule has 1 aliphatic rings. The first-order valence-electron chi connectivity index (χ1n) is 9.22. The molecule has 1 amide bonds. The molecular weight excluding hydrogens is 332 g/mol. The zero-order valence-electron chi connectivity index (χ0n) is 16.3. The van der Waals surface area contributed by atoms with Crippen LogP contribution in [0.4, 0.5) is 0 Å². The Balaban J connectivity index is 1.90. The fourth-order valence-corrected chi connectivity index (χ4v) is 3.10. The van der Waals surface area contributed by atoms with Crippen LogP contribution >= 0.6 is 0 Å². The van der Waals surface area contributed by atoms with E-state index in [0.29, 0.717) is 5.56 Å². The highest BCUT2D eigenvalue weighted by atomic mass is 16.5. The summed E-state index contributed by atoms with van der Waals surface area (Å²) in [4.78, 5) is 26.4. The Bertz CT molecular complexity index is 605. The summed E-state index contributed by atoms with van der Waals surface area (Å²) >= 11 is 0. The van der Waals surface area contributed by atoms with E-state index >= 15 is 0 Å². The van der Waals surface area contributed by atoms with Crippen LogP contribution in [0.5, 0.6) is 0 Å². The molecule has 3 atom stereocenters. The summed E-state index contributed by atoms with van der Waals surface area (Å²) in [5, 5.41) is 2.73. The van der Waals surface area contributed by atoms with Gasteiger partial charge in [-0.05, 0) is 52.3 Å². The van der Waals surface area contributed by atoms with Gasteiger partial charge in [-0.1, -0.05) is 12.1 Å². The number of benzene rings is 1. The minimum Gasteiger partial charge on any atom is -0.449 e. The summed E-state index contributed by atoms with van der Waals surface area (Å²) in [5.74, 6) is -0.780. The maximum atomic E-state index is 12.2. The molecule has 0 bridgehead atoms. The van der Waals surface area contributed by atoms with Crippen molar-refractivity contribution in [1.82, 2.24) is 10.2 Å². The maximum Gasteiger partial charge on any atom is 0.338 e. The molecule has 1 aromatic rings. The molecule has 1 saturated heterocycles. The van der Waals surface area contributed by atoms with Crippen LogP contribution in [0.25, 0.3) is 0 Å². The SMILES string of the molecule is CC(C)NC(=O)C(C)OC(=O)c1ccc(CN2CC(C)OC(C)C2)cc1. The van der Waals surface area contributed by atoms with Crippen LogP contribution < -0.4 is 5.32 Å². The molecule has 0 spiro atoms. The predicted molar refractivity (Wildman–Crippen MR) is 99.9 cm³/mol. The molecule has 0 radical (unpaired) electrons. The first-order chi connectivity index (χ1) is 12.2. The van der Waals surface area contributed by atoms with Gasteiger partial charge in [0.15, 0.2) is 6.10 Å². The quantitative estimate of drug-likeness (QED) is 0.787. The Morgan fingerprint density at radius 1 is 1.15 bits per heavy atom. The molecule has 1 aromatic carbocycles. The van der Waals surface area contributed by atoms with Crippen molar-refractivity contribution >= 4 is 11.9 Å². The fraction of sp³-hybridized carbons (Fsp3) is 0.600. The van der Waals surface area contributed by atoms with Crippen LogP contribution in [0.3, 0.4) is 0 Å². The Morgan fingerprint density at radius 3 is 2.27 bits per heavy atom. The van der Waals surface area contributed by atoms with Crippen molar-refractivity contribution < 1.29 is 19.1 Å². The average Bonchev–Trinajstić information content (AvgIpc) is 2.53. The molecular formula is C20H30N2O4. The second-order valence-electron chi connectivity index (χ2n) is 7.36. The second-order valence-corrected chi connectivity index (χ2v) is 7.36. The molecule has 0 aliphatic carbocycles. The van der Waals surface area contributed by atoms with E-state index in [1.807, 2.05) is 26.0 Å². The van der Waals surface area contributed by atoms with Gasteiger partial charge in [0.05, 0.1) is 17.8 Å². The standard InChI is InChI=1S/C20H30N2O4/c1-13(2)21-19(23)16(5)26-20(24)18-8-6-17(7-9-18)12-22-10-14(3)25-15(4)11-22/h6-9,13-16H,10-12H2,1-5H3,(H,21,23).